The molecule has 2 N–H and O–H groups in total. The zero-order valence-corrected chi connectivity index (χ0v) is 7.25. The van der Waals surface area contributed by atoms with Crippen molar-refractivity contribution in [1.29, 1.82) is 0 Å². The number of hydrogen-bond donors (Lipinski definition) is 2. The monoisotopic (exact) mass is 195 g/mol. The Balaban J connectivity index is 2.52. The van der Waals surface area contributed by atoms with Crippen LogP contribution in [-0.4, -0.2) is 29.0 Å². The molecule has 0 unspecified atom stereocenters. The molecule has 0 amide bonds. The van der Waals surface area contributed by atoms with Crippen LogP contribution in [0, 0.1) is 0 Å². The van der Waals surface area contributed by atoms with E-state index >= 15 is 0 Å². The van der Waals surface area contributed by atoms with Gasteiger partial charge in [0.1, 0.15) is 5.75 Å². The molecule has 0 bridgehead atoms. The van der Waals surface area contributed by atoms with Crippen molar-refractivity contribution in [3.05, 3.63) is 29.8 Å². The van der Waals surface area contributed by atoms with Gasteiger partial charge in [-0.1, -0.05) is 17.3 Å². The minimum atomic E-state index is -1.10. The highest BCUT2D eigenvalue weighted by Gasteiger charge is 1.96. The van der Waals surface area contributed by atoms with Crippen molar-refractivity contribution in [3.8, 4) is 5.75 Å². The number of aromatic hydroxyl groups is 1. The Labute approximate surface area is 80.2 Å². The largest absolute Gasteiger partial charge is 0.507 e. The van der Waals surface area contributed by atoms with Crippen molar-refractivity contribution in [3.63, 3.8) is 0 Å². The SMILES string of the molecule is O=C(O)CON=Cc1ccccc1O. The van der Waals surface area contributed by atoms with Gasteiger partial charge in [-0.05, 0) is 12.1 Å². The summed E-state index contributed by atoms with van der Waals surface area (Å²) in [5, 5.41) is 20.8. The Morgan fingerprint density at radius 3 is 2.86 bits per heavy atom. The lowest BCUT2D eigenvalue weighted by Crippen LogP contribution is -2.03. The number of rotatable bonds is 4. The summed E-state index contributed by atoms with van der Waals surface area (Å²) in [4.78, 5) is 14.4. The van der Waals surface area contributed by atoms with Crippen molar-refractivity contribution in [1.82, 2.24) is 0 Å². The summed E-state index contributed by atoms with van der Waals surface area (Å²) in [6.07, 6.45) is 1.25. The third-order valence-electron chi connectivity index (χ3n) is 1.39. The number of hydrogen-bond acceptors (Lipinski definition) is 4. The number of benzene rings is 1. The van der Waals surface area contributed by atoms with Gasteiger partial charge in [0.25, 0.3) is 0 Å². The molecule has 0 aliphatic heterocycles. The van der Waals surface area contributed by atoms with Crippen LogP contribution >= 0.6 is 0 Å². The van der Waals surface area contributed by atoms with Crippen molar-refractivity contribution < 1.29 is 19.8 Å². The van der Waals surface area contributed by atoms with E-state index in [2.05, 4.69) is 9.99 Å². The van der Waals surface area contributed by atoms with Crippen molar-refractivity contribution in [2.75, 3.05) is 6.61 Å². The molecule has 0 saturated heterocycles. The van der Waals surface area contributed by atoms with Crippen LogP contribution in [0.25, 0.3) is 0 Å². The van der Waals surface area contributed by atoms with E-state index in [4.69, 9.17) is 5.11 Å². The lowest BCUT2D eigenvalue weighted by Gasteiger charge is -1.96. The molecule has 0 saturated carbocycles. The van der Waals surface area contributed by atoms with Gasteiger partial charge in [-0.15, -0.1) is 0 Å². The summed E-state index contributed by atoms with van der Waals surface area (Å²) >= 11 is 0. The second-order valence-electron chi connectivity index (χ2n) is 2.46. The minimum Gasteiger partial charge on any atom is -0.507 e. The predicted molar refractivity (Wildman–Crippen MR) is 49.3 cm³/mol. The third-order valence-corrected chi connectivity index (χ3v) is 1.39. The van der Waals surface area contributed by atoms with Gasteiger partial charge in [0.2, 0.25) is 6.61 Å². The Hall–Kier alpha value is -2.04. The molecule has 0 fully saturated rings. The lowest BCUT2D eigenvalue weighted by atomic mass is 10.2. The maximum atomic E-state index is 10.0. The maximum absolute atomic E-state index is 10.0. The molecule has 74 valence electrons. The van der Waals surface area contributed by atoms with Crippen molar-refractivity contribution in [2.45, 2.75) is 0 Å². The Morgan fingerprint density at radius 1 is 1.50 bits per heavy atom. The fraction of sp³-hybridized carbons (Fsp3) is 0.111. The predicted octanol–water partition coefficient (Wildman–Crippen LogP) is 0.827. The van der Waals surface area contributed by atoms with Gasteiger partial charge < -0.3 is 15.1 Å². The van der Waals surface area contributed by atoms with Crippen LogP contribution in [0.5, 0.6) is 5.75 Å². The average molecular weight is 195 g/mol. The van der Waals surface area contributed by atoms with Crippen LogP contribution in [0.15, 0.2) is 29.4 Å². The Morgan fingerprint density at radius 2 is 2.21 bits per heavy atom. The number of para-hydroxylation sites is 1. The van der Waals surface area contributed by atoms with E-state index in [9.17, 15) is 9.90 Å². The number of carboxylic acid groups (broad SMARTS) is 1. The van der Waals surface area contributed by atoms with E-state index in [1.54, 1.807) is 18.2 Å². The van der Waals surface area contributed by atoms with Gasteiger partial charge in [-0.3, -0.25) is 0 Å². The van der Waals surface area contributed by atoms with Gasteiger partial charge in [0.05, 0.1) is 6.21 Å². The number of aliphatic carboxylic acids is 1. The van der Waals surface area contributed by atoms with Gasteiger partial charge in [0.15, 0.2) is 0 Å². The Kier molecular flexibility index (Phi) is 3.49. The van der Waals surface area contributed by atoms with Crippen LogP contribution in [0.2, 0.25) is 0 Å². The standard InChI is InChI=1S/C9H9NO4/c11-8-4-2-1-3-7(8)5-10-14-6-9(12)13/h1-5,11H,6H2,(H,12,13). The number of phenols is 1. The van der Waals surface area contributed by atoms with Crippen molar-refractivity contribution in [2.24, 2.45) is 5.16 Å². The van der Waals surface area contributed by atoms with Gasteiger partial charge in [-0.25, -0.2) is 4.79 Å². The van der Waals surface area contributed by atoms with Crippen LogP contribution in [-0.2, 0) is 9.63 Å². The number of nitrogens with zero attached hydrogens (tertiary/aromatic N) is 1. The molecule has 0 atom stereocenters. The zero-order chi connectivity index (χ0) is 10.4. The fourth-order valence-corrected chi connectivity index (χ4v) is 0.783. The molecule has 0 radical (unpaired) electrons. The van der Waals surface area contributed by atoms with E-state index < -0.39 is 12.6 Å². The fourth-order valence-electron chi connectivity index (χ4n) is 0.783. The summed E-state index contributed by atoms with van der Waals surface area (Å²) in [7, 11) is 0. The van der Waals surface area contributed by atoms with Crippen LogP contribution in [0.3, 0.4) is 0 Å². The molecule has 0 aliphatic carbocycles. The van der Waals surface area contributed by atoms with E-state index in [-0.39, 0.29) is 5.75 Å². The van der Waals surface area contributed by atoms with Crippen LogP contribution in [0.1, 0.15) is 5.56 Å². The second-order valence-corrected chi connectivity index (χ2v) is 2.46. The lowest BCUT2D eigenvalue weighted by molar-refractivity contribution is -0.142. The third kappa shape index (κ3) is 3.14. The molecule has 5 nitrogen and oxygen atoms in total. The summed E-state index contributed by atoms with van der Waals surface area (Å²) in [6, 6.07) is 6.52. The van der Waals surface area contributed by atoms with E-state index in [1.807, 2.05) is 0 Å². The van der Waals surface area contributed by atoms with E-state index in [0.29, 0.717) is 5.56 Å². The smallest absolute Gasteiger partial charge is 0.344 e. The molecule has 1 aromatic carbocycles. The molecule has 1 aromatic rings. The first-order valence-corrected chi connectivity index (χ1v) is 3.85. The van der Waals surface area contributed by atoms with Crippen LogP contribution < -0.4 is 0 Å². The summed E-state index contributed by atoms with van der Waals surface area (Å²) in [5.41, 5.74) is 0.470. The first kappa shape index (κ1) is 10.0. The van der Waals surface area contributed by atoms with E-state index in [0.717, 1.165) is 0 Å². The van der Waals surface area contributed by atoms with Crippen molar-refractivity contribution >= 4 is 12.2 Å². The molecule has 0 aliphatic rings. The molecule has 1 rings (SSSR count). The molecule has 14 heavy (non-hydrogen) atoms. The van der Waals surface area contributed by atoms with Gasteiger partial charge in [-0.2, -0.15) is 0 Å². The molecule has 0 heterocycles. The quantitative estimate of drug-likeness (QED) is 0.550. The summed E-state index contributed by atoms with van der Waals surface area (Å²) < 4.78 is 0. The summed E-state index contributed by atoms with van der Waals surface area (Å²) in [6.45, 7) is -0.496. The molecule has 0 spiro atoms. The molecular weight excluding hydrogens is 186 g/mol. The molecule has 0 aromatic heterocycles. The molecule has 5 heteroatoms. The number of carbonyl (C=O) groups is 1. The van der Waals surface area contributed by atoms with Crippen LogP contribution in [0.4, 0.5) is 0 Å². The molecular formula is C9H9NO4. The highest BCUT2D eigenvalue weighted by atomic mass is 16.6. The minimum absolute atomic E-state index is 0.0650. The topological polar surface area (TPSA) is 79.1 Å². The average Bonchev–Trinajstić information content (AvgIpc) is 2.15. The zero-order valence-electron chi connectivity index (χ0n) is 7.25. The number of oxime groups is 1. The van der Waals surface area contributed by atoms with Gasteiger partial charge in [0, 0.05) is 5.56 Å². The first-order valence-electron chi connectivity index (χ1n) is 3.85. The summed E-state index contributed by atoms with van der Waals surface area (Å²) in [5.74, 6) is -1.03. The Bertz CT molecular complexity index is 348. The number of phenolic OH excluding ortho intramolecular Hbond substituents is 1. The first-order chi connectivity index (χ1) is 6.70. The van der Waals surface area contributed by atoms with E-state index in [1.165, 1.54) is 12.3 Å². The number of carboxylic acids is 1. The highest BCUT2D eigenvalue weighted by Crippen LogP contribution is 2.12. The second kappa shape index (κ2) is 4.86. The normalized spacial score (nSPS) is 10.3. The maximum Gasteiger partial charge on any atom is 0.344 e. The van der Waals surface area contributed by atoms with Gasteiger partial charge >= 0.3 is 5.97 Å². The highest BCUT2D eigenvalue weighted by molar-refractivity contribution is 5.82.